The largest absolute Gasteiger partial charge is 0.506 e. The number of phenols is 1. The minimum atomic E-state index is -0.486. The van der Waals surface area contributed by atoms with Crippen molar-refractivity contribution in [3.8, 4) is 5.75 Å². The van der Waals surface area contributed by atoms with Gasteiger partial charge in [0.05, 0.1) is 11.8 Å². The van der Waals surface area contributed by atoms with Crippen LogP contribution in [0.3, 0.4) is 0 Å². The van der Waals surface area contributed by atoms with E-state index in [0.29, 0.717) is 0 Å². The van der Waals surface area contributed by atoms with Gasteiger partial charge in [-0.25, -0.2) is 4.79 Å². The first kappa shape index (κ1) is 12.9. The standard InChI is InChI=1S/C14H16O3S/c1-3-4-5-9-8-11(14(16)17-2)12(15)13-10(9)6-7-18-13/h6-8,15H,3-5H2,1-2H3. The van der Waals surface area contributed by atoms with E-state index in [1.165, 1.54) is 18.4 Å². The van der Waals surface area contributed by atoms with E-state index in [2.05, 4.69) is 6.92 Å². The first-order valence-corrected chi connectivity index (χ1v) is 6.87. The molecular weight excluding hydrogens is 248 g/mol. The molecule has 0 bridgehead atoms. The van der Waals surface area contributed by atoms with Crippen molar-refractivity contribution in [1.29, 1.82) is 0 Å². The number of thiophene rings is 1. The Morgan fingerprint density at radius 1 is 1.50 bits per heavy atom. The van der Waals surface area contributed by atoms with Crippen LogP contribution in [0.5, 0.6) is 5.75 Å². The molecule has 1 aromatic heterocycles. The summed E-state index contributed by atoms with van der Waals surface area (Å²) >= 11 is 1.45. The molecule has 0 aliphatic carbocycles. The van der Waals surface area contributed by atoms with Crippen LogP contribution in [0.4, 0.5) is 0 Å². The third kappa shape index (κ3) is 2.20. The van der Waals surface area contributed by atoms with Crippen LogP contribution in [0.2, 0.25) is 0 Å². The van der Waals surface area contributed by atoms with Gasteiger partial charge in [-0.05, 0) is 41.3 Å². The highest BCUT2D eigenvalue weighted by Crippen LogP contribution is 2.36. The van der Waals surface area contributed by atoms with Gasteiger partial charge in [0.15, 0.2) is 0 Å². The van der Waals surface area contributed by atoms with E-state index < -0.39 is 5.97 Å². The lowest BCUT2D eigenvalue weighted by molar-refractivity contribution is 0.0597. The van der Waals surface area contributed by atoms with Crippen LogP contribution in [0, 0.1) is 0 Å². The lowest BCUT2D eigenvalue weighted by Gasteiger charge is -2.08. The van der Waals surface area contributed by atoms with Crippen LogP contribution in [0.25, 0.3) is 10.1 Å². The molecule has 96 valence electrons. The van der Waals surface area contributed by atoms with Crippen LogP contribution in [-0.4, -0.2) is 18.2 Å². The zero-order valence-corrected chi connectivity index (χ0v) is 11.3. The molecule has 2 rings (SSSR count). The molecule has 2 aromatic rings. The number of rotatable bonds is 4. The second-order valence-corrected chi connectivity index (χ2v) is 5.11. The van der Waals surface area contributed by atoms with Crippen molar-refractivity contribution in [3.63, 3.8) is 0 Å². The predicted octanol–water partition coefficient (Wildman–Crippen LogP) is 3.74. The first-order chi connectivity index (χ1) is 8.69. The molecule has 1 N–H and O–H groups in total. The minimum absolute atomic E-state index is 0.0344. The number of carbonyl (C=O) groups excluding carboxylic acids is 1. The average Bonchev–Trinajstić information content (AvgIpc) is 2.87. The zero-order valence-electron chi connectivity index (χ0n) is 10.5. The number of esters is 1. The monoisotopic (exact) mass is 264 g/mol. The van der Waals surface area contributed by atoms with Gasteiger partial charge in [0, 0.05) is 0 Å². The lowest BCUT2D eigenvalue weighted by Crippen LogP contribution is -2.03. The van der Waals surface area contributed by atoms with E-state index in [0.717, 1.165) is 34.9 Å². The number of unbranched alkanes of at least 4 members (excludes halogenated alkanes) is 1. The summed E-state index contributed by atoms with van der Waals surface area (Å²) in [7, 11) is 1.33. The molecule has 0 aliphatic heterocycles. The van der Waals surface area contributed by atoms with Gasteiger partial charge in [-0.15, -0.1) is 11.3 Å². The third-order valence-corrected chi connectivity index (χ3v) is 3.93. The lowest BCUT2D eigenvalue weighted by atomic mass is 10.0. The molecule has 0 saturated carbocycles. The SMILES string of the molecule is CCCCc1cc(C(=O)OC)c(O)c2sccc12. The van der Waals surface area contributed by atoms with E-state index in [4.69, 9.17) is 4.74 Å². The Labute approximate surface area is 110 Å². The molecule has 1 aromatic carbocycles. The van der Waals surface area contributed by atoms with E-state index in [1.54, 1.807) is 6.07 Å². The fourth-order valence-electron chi connectivity index (χ4n) is 2.03. The normalized spacial score (nSPS) is 10.8. The highest BCUT2D eigenvalue weighted by molar-refractivity contribution is 7.17. The number of hydrogen-bond donors (Lipinski definition) is 1. The van der Waals surface area contributed by atoms with Crippen LogP contribution in [-0.2, 0) is 11.2 Å². The van der Waals surface area contributed by atoms with Crippen molar-refractivity contribution < 1.29 is 14.6 Å². The fraction of sp³-hybridized carbons (Fsp3) is 0.357. The van der Waals surface area contributed by atoms with Crippen LogP contribution >= 0.6 is 11.3 Å². The molecule has 0 aliphatic rings. The van der Waals surface area contributed by atoms with Gasteiger partial charge in [0.2, 0.25) is 0 Å². The summed E-state index contributed by atoms with van der Waals surface area (Å²) in [6, 6.07) is 3.75. The molecule has 0 amide bonds. The molecule has 0 radical (unpaired) electrons. The third-order valence-electron chi connectivity index (χ3n) is 3.00. The maximum Gasteiger partial charge on any atom is 0.341 e. The quantitative estimate of drug-likeness (QED) is 0.856. The smallest absolute Gasteiger partial charge is 0.341 e. The molecule has 0 spiro atoms. The predicted molar refractivity (Wildman–Crippen MR) is 73.4 cm³/mol. The molecule has 0 fully saturated rings. The van der Waals surface area contributed by atoms with Crippen molar-refractivity contribution in [1.82, 2.24) is 0 Å². The summed E-state index contributed by atoms with van der Waals surface area (Å²) in [5.74, 6) is -0.451. The van der Waals surface area contributed by atoms with E-state index in [-0.39, 0.29) is 11.3 Å². The van der Waals surface area contributed by atoms with Crippen molar-refractivity contribution in [2.45, 2.75) is 26.2 Å². The Morgan fingerprint density at radius 3 is 2.94 bits per heavy atom. The second-order valence-electron chi connectivity index (χ2n) is 4.19. The van der Waals surface area contributed by atoms with Gasteiger partial charge in [-0.2, -0.15) is 0 Å². The molecular formula is C14H16O3S. The van der Waals surface area contributed by atoms with Crippen molar-refractivity contribution in [3.05, 3.63) is 28.6 Å². The summed E-state index contributed by atoms with van der Waals surface area (Å²) in [6.07, 6.45) is 3.07. The Hall–Kier alpha value is -1.55. The molecule has 0 atom stereocenters. The van der Waals surface area contributed by atoms with Gasteiger partial charge in [-0.3, -0.25) is 0 Å². The van der Waals surface area contributed by atoms with Crippen molar-refractivity contribution >= 4 is 27.4 Å². The summed E-state index contributed by atoms with van der Waals surface area (Å²) in [5.41, 5.74) is 1.37. The van der Waals surface area contributed by atoms with E-state index in [9.17, 15) is 9.90 Å². The topological polar surface area (TPSA) is 46.5 Å². The maximum absolute atomic E-state index is 11.6. The minimum Gasteiger partial charge on any atom is -0.506 e. The zero-order chi connectivity index (χ0) is 13.1. The molecule has 1 heterocycles. The number of ether oxygens (including phenoxy) is 1. The van der Waals surface area contributed by atoms with Crippen molar-refractivity contribution in [2.24, 2.45) is 0 Å². The summed E-state index contributed by atoms with van der Waals surface area (Å²) in [5, 5.41) is 13.1. The van der Waals surface area contributed by atoms with Gasteiger partial charge >= 0.3 is 5.97 Å². The Morgan fingerprint density at radius 2 is 2.28 bits per heavy atom. The average molecular weight is 264 g/mol. The molecule has 4 heteroatoms. The Balaban J connectivity index is 2.58. The fourth-order valence-corrected chi connectivity index (χ4v) is 2.92. The van der Waals surface area contributed by atoms with Gasteiger partial charge in [0.25, 0.3) is 0 Å². The molecule has 0 unspecified atom stereocenters. The van der Waals surface area contributed by atoms with Gasteiger partial charge in [-0.1, -0.05) is 13.3 Å². The molecule has 0 saturated heterocycles. The van der Waals surface area contributed by atoms with Crippen LogP contribution in [0.1, 0.15) is 35.7 Å². The number of phenolic OH excluding ortho intramolecular Hbond substituents is 1. The van der Waals surface area contributed by atoms with Gasteiger partial charge in [0.1, 0.15) is 11.3 Å². The molecule has 18 heavy (non-hydrogen) atoms. The summed E-state index contributed by atoms with van der Waals surface area (Å²) in [6.45, 7) is 2.13. The number of aromatic hydroxyl groups is 1. The number of carbonyl (C=O) groups is 1. The van der Waals surface area contributed by atoms with E-state index >= 15 is 0 Å². The Bertz CT molecular complexity index is 572. The first-order valence-electron chi connectivity index (χ1n) is 5.99. The number of fused-ring (bicyclic) bond motifs is 1. The second kappa shape index (κ2) is 5.40. The highest BCUT2D eigenvalue weighted by Gasteiger charge is 2.18. The Kier molecular flexibility index (Phi) is 3.87. The number of hydrogen-bond acceptors (Lipinski definition) is 4. The number of benzene rings is 1. The van der Waals surface area contributed by atoms with E-state index in [1.807, 2.05) is 11.4 Å². The maximum atomic E-state index is 11.6. The molecule has 3 nitrogen and oxygen atoms in total. The summed E-state index contributed by atoms with van der Waals surface area (Å²) < 4.78 is 5.48. The van der Waals surface area contributed by atoms with Crippen LogP contribution in [0.15, 0.2) is 17.5 Å². The number of methoxy groups -OCH3 is 1. The number of aryl methyl sites for hydroxylation is 1. The van der Waals surface area contributed by atoms with Crippen LogP contribution < -0.4 is 0 Å². The summed E-state index contributed by atoms with van der Waals surface area (Å²) in [4.78, 5) is 11.6. The van der Waals surface area contributed by atoms with Gasteiger partial charge < -0.3 is 9.84 Å². The highest BCUT2D eigenvalue weighted by atomic mass is 32.1. The van der Waals surface area contributed by atoms with Crippen molar-refractivity contribution in [2.75, 3.05) is 7.11 Å².